The number of fused-ring (bicyclic) bond motifs is 4. The normalized spacial score (nSPS) is 11.5. The van der Waals surface area contributed by atoms with E-state index in [0.717, 1.165) is 0 Å². The number of benzene rings is 4. The highest BCUT2D eigenvalue weighted by atomic mass is 14.7. The lowest BCUT2D eigenvalue weighted by molar-refractivity contribution is 1.54. The second kappa shape index (κ2) is 4.72. The summed E-state index contributed by atoms with van der Waals surface area (Å²) in [5.41, 5.74) is 4.93. The van der Waals surface area contributed by atoms with Crippen LogP contribution in [-0.2, 0) is 0 Å². The quantitative estimate of drug-likeness (QED) is 0.382. The maximum Gasteiger partial charge on any atom is 0.0465 e. The summed E-state index contributed by atoms with van der Waals surface area (Å²) in [4.78, 5) is 3.49. The van der Waals surface area contributed by atoms with Gasteiger partial charge in [0.15, 0.2) is 0 Å². The van der Waals surface area contributed by atoms with Crippen LogP contribution in [0.25, 0.3) is 43.7 Å². The van der Waals surface area contributed by atoms with Crippen LogP contribution in [0.2, 0.25) is 0 Å². The number of nitrogens with one attached hydrogen (secondary N) is 1. The third-order valence-corrected chi connectivity index (χ3v) is 4.61. The number of para-hydroxylation sites is 1. The average Bonchev–Trinajstić information content (AvgIpc) is 2.99. The monoisotopic (exact) mass is 293 g/mol. The summed E-state index contributed by atoms with van der Waals surface area (Å²) in [5, 5.41) is 5.15. The minimum atomic E-state index is 1.19. The first kappa shape index (κ1) is 12.5. The largest absolute Gasteiger partial charge is 0.355 e. The van der Waals surface area contributed by atoms with Crippen LogP contribution in [0.1, 0.15) is 0 Å². The fraction of sp³-hybridized carbons (Fsp3) is 0. The molecule has 0 aliphatic rings. The second-order valence-corrected chi connectivity index (χ2v) is 5.96. The zero-order chi connectivity index (χ0) is 15.2. The molecule has 0 aliphatic heterocycles. The molecule has 0 fully saturated rings. The van der Waals surface area contributed by atoms with Crippen molar-refractivity contribution >= 4 is 32.6 Å². The SMILES string of the molecule is c1ccc2c(-c3ccc4[nH]c5ccccc5c4c3)cccc2c1. The molecule has 4 aromatic carbocycles. The van der Waals surface area contributed by atoms with Gasteiger partial charge in [-0.05, 0) is 40.1 Å². The van der Waals surface area contributed by atoms with E-state index in [2.05, 4.69) is 89.9 Å². The Labute approximate surface area is 134 Å². The summed E-state index contributed by atoms with van der Waals surface area (Å²) in [7, 11) is 0. The Morgan fingerprint density at radius 3 is 2.22 bits per heavy atom. The number of aromatic amines is 1. The molecule has 5 rings (SSSR count). The maximum atomic E-state index is 3.49. The number of hydrogen-bond acceptors (Lipinski definition) is 0. The van der Waals surface area contributed by atoms with Crippen LogP contribution >= 0.6 is 0 Å². The molecule has 0 bridgehead atoms. The molecular weight excluding hydrogens is 278 g/mol. The van der Waals surface area contributed by atoms with Crippen molar-refractivity contribution in [3.05, 3.63) is 84.9 Å². The Morgan fingerprint density at radius 1 is 0.522 bits per heavy atom. The molecular formula is C22H15N. The van der Waals surface area contributed by atoms with Crippen LogP contribution in [0.4, 0.5) is 0 Å². The van der Waals surface area contributed by atoms with Crippen molar-refractivity contribution in [2.75, 3.05) is 0 Å². The highest BCUT2D eigenvalue weighted by molar-refractivity contribution is 6.09. The van der Waals surface area contributed by atoms with Gasteiger partial charge < -0.3 is 4.98 Å². The molecule has 0 saturated heterocycles. The zero-order valence-corrected chi connectivity index (χ0v) is 12.6. The maximum absolute atomic E-state index is 3.49. The van der Waals surface area contributed by atoms with Gasteiger partial charge in [-0.25, -0.2) is 0 Å². The van der Waals surface area contributed by atoms with Gasteiger partial charge in [0.05, 0.1) is 0 Å². The predicted octanol–water partition coefficient (Wildman–Crippen LogP) is 6.14. The highest BCUT2D eigenvalue weighted by Gasteiger charge is 2.07. The minimum absolute atomic E-state index is 1.19. The lowest BCUT2D eigenvalue weighted by Crippen LogP contribution is -1.81. The van der Waals surface area contributed by atoms with E-state index in [1.807, 2.05) is 0 Å². The first-order valence-corrected chi connectivity index (χ1v) is 7.89. The molecule has 5 aromatic rings. The number of rotatable bonds is 1. The van der Waals surface area contributed by atoms with Gasteiger partial charge in [-0.1, -0.05) is 66.7 Å². The molecule has 1 nitrogen and oxygen atoms in total. The summed E-state index contributed by atoms with van der Waals surface area (Å²) in [5.74, 6) is 0. The number of hydrogen-bond donors (Lipinski definition) is 1. The molecule has 0 spiro atoms. The topological polar surface area (TPSA) is 15.8 Å². The van der Waals surface area contributed by atoms with Gasteiger partial charge in [0.25, 0.3) is 0 Å². The second-order valence-electron chi connectivity index (χ2n) is 5.96. The molecule has 1 aromatic heterocycles. The van der Waals surface area contributed by atoms with E-state index in [1.54, 1.807) is 0 Å². The molecule has 0 amide bonds. The summed E-state index contributed by atoms with van der Waals surface area (Å²) in [6.07, 6.45) is 0. The fourth-order valence-corrected chi connectivity index (χ4v) is 3.49. The van der Waals surface area contributed by atoms with E-state index >= 15 is 0 Å². The van der Waals surface area contributed by atoms with Crippen molar-refractivity contribution in [1.29, 1.82) is 0 Å². The van der Waals surface area contributed by atoms with Crippen molar-refractivity contribution in [3.63, 3.8) is 0 Å². The van der Waals surface area contributed by atoms with E-state index in [-0.39, 0.29) is 0 Å². The Hall–Kier alpha value is -3.06. The van der Waals surface area contributed by atoms with Gasteiger partial charge in [0.2, 0.25) is 0 Å². The Kier molecular flexibility index (Phi) is 2.56. The van der Waals surface area contributed by atoms with Gasteiger partial charge in [-0.3, -0.25) is 0 Å². The summed E-state index contributed by atoms with van der Waals surface area (Å²) < 4.78 is 0. The Bertz CT molecular complexity index is 1160. The summed E-state index contributed by atoms with van der Waals surface area (Å²) in [6.45, 7) is 0. The third-order valence-electron chi connectivity index (χ3n) is 4.61. The van der Waals surface area contributed by atoms with Crippen molar-refractivity contribution in [3.8, 4) is 11.1 Å². The Morgan fingerprint density at radius 2 is 1.26 bits per heavy atom. The van der Waals surface area contributed by atoms with Crippen LogP contribution < -0.4 is 0 Å². The smallest absolute Gasteiger partial charge is 0.0465 e. The minimum Gasteiger partial charge on any atom is -0.355 e. The molecule has 108 valence electrons. The van der Waals surface area contributed by atoms with E-state index in [4.69, 9.17) is 0 Å². The highest BCUT2D eigenvalue weighted by Crippen LogP contribution is 2.33. The summed E-state index contributed by atoms with van der Waals surface area (Å²) in [6, 6.07) is 30.3. The fourth-order valence-electron chi connectivity index (χ4n) is 3.49. The number of H-pyrrole nitrogens is 1. The van der Waals surface area contributed by atoms with Crippen LogP contribution in [0, 0.1) is 0 Å². The third kappa shape index (κ3) is 1.87. The zero-order valence-electron chi connectivity index (χ0n) is 12.6. The summed E-state index contributed by atoms with van der Waals surface area (Å²) >= 11 is 0. The molecule has 1 N–H and O–H groups in total. The standard InChI is InChI=1S/C22H15N/c1-2-8-17-15(6-1)7-5-10-18(17)16-12-13-22-20(14-16)19-9-3-4-11-21(19)23-22/h1-14,23H. The Balaban J connectivity index is 1.84. The molecule has 0 radical (unpaired) electrons. The van der Waals surface area contributed by atoms with Gasteiger partial charge in [-0.2, -0.15) is 0 Å². The van der Waals surface area contributed by atoms with Crippen molar-refractivity contribution in [1.82, 2.24) is 4.98 Å². The molecule has 23 heavy (non-hydrogen) atoms. The van der Waals surface area contributed by atoms with Crippen molar-refractivity contribution < 1.29 is 0 Å². The molecule has 0 atom stereocenters. The van der Waals surface area contributed by atoms with Gasteiger partial charge >= 0.3 is 0 Å². The molecule has 0 aliphatic carbocycles. The molecule has 0 saturated carbocycles. The first-order valence-electron chi connectivity index (χ1n) is 7.89. The molecule has 0 unspecified atom stereocenters. The lowest BCUT2D eigenvalue weighted by Gasteiger charge is -2.07. The first-order chi connectivity index (χ1) is 11.4. The average molecular weight is 293 g/mol. The van der Waals surface area contributed by atoms with Crippen molar-refractivity contribution in [2.24, 2.45) is 0 Å². The van der Waals surface area contributed by atoms with Crippen LogP contribution in [0.3, 0.4) is 0 Å². The number of aromatic nitrogens is 1. The van der Waals surface area contributed by atoms with Crippen LogP contribution in [0.5, 0.6) is 0 Å². The van der Waals surface area contributed by atoms with Crippen LogP contribution in [-0.4, -0.2) is 4.98 Å². The molecule has 1 heteroatoms. The van der Waals surface area contributed by atoms with E-state index in [9.17, 15) is 0 Å². The van der Waals surface area contributed by atoms with E-state index in [0.29, 0.717) is 0 Å². The predicted molar refractivity (Wildman–Crippen MR) is 98.7 cm³/mol. The van der Waals surface area contributed by atoms with Gasteiger partial charge in [-0.15, -0.1) is 0 Å². The van der Waals surface area contributed by atoms with E-state index < -0.39 is 0 Å². The lowest BCUT2D eigenvalue weighted by atomic mass is 9.97. The van der Waals surface area contributed by atoms with E-state index in [1.165, 1.54) is 43.7 Å². The van der Waals surface area contributed by atoms with Crippen LogP contribution in [0.15, 0.2) is 84.9 Å². The molecule has 1 heterocycles. The van der Waals surface area contributed by atoms with Gasteiger partial charge in [0, 0.05) is 21.8 Å². The van der Waals surface area contributed by atoms with Crippen molar-refractivity contribution in [2.45, 2.75) is 0 Å². The van der Waals surface area contributed by atoms with Gasteiger partial charge in [0.1, 0.15) is 0 Å².